The molecule has 1 aliphatic carbocycles. The van der Waals surface area contributed by atoms with Crippen LogP contribution >= 0.6 is 23.2 Å². The number of carbonyl (C=O) groups excluding carboxylic acids is 3. The van der Waals surface area contributed by atoms with E-state index in [9.17, 15) is 24.3 Å². The predicted octanol–water partition coefficient (Wildman–Crippen LogP) is 5.74. The third-order valence-corrected chi connectivity index (χ3v) is 10.1. The van der Waals surface area contributed by atoms with Crippen LogP contribution in [0.2, 0.25) is 10.0 Å². The molecule has 4 rings (SSSR count). The average molecular weight is 673 g/mol. The van der Waals surface area contributed by atoms with Gasteiger partial charge in [-0.15, -0.1) is 0 Å². The Morgan fingerprint density at radius 1 is 1.09 bits per heavy atom. The van der Waals surface area contributed by atoms with Crippen LogP contribution in [0.5, 0.6) is 0 Å². The van der Waals surface area contributed by atoms with E-state index in [1.807, 2.05) is 58.9 Å². The second kappa shape index (κ2) is 14.3. The number of halogens is 2. The molecule has 0 fully saturated rings. The zero-order valence-corrected chi connectivity index (χ0v) is 28.4. The molecule has 0 radical (unpaired) electrons. The van der Waals surface area contributed by atoms with E-state index in [2.05, 4.69) is 15.6 Å². The number of H-pyrrole nitrogens is 1. The summed E-state index contributed by atoms with van der Waals surface area (Å²) < 4.78 is 0. The molecule has 4 amide bonds. The molecule has 0 spiro atoms. The number of hydrogen-bond donors (Lipinski definition) is 5. The van der Waals surface area contributed by atoms with Gasteiger partial charge >= 0.3 is 6.09 Å². The van der Waals surface area contributed by atoms with Gasteiger partial charge in [0.05, 0.1) is 17.1 Å². The Morgan fingerprint density at radius 2 is 1.76 bits per heavy atom. The van der Waals surface area contributed by atoms with Crippen LogP contribution in [0.3, 0.4) is 0 Å². The van der Waals surface area contributed by atoms with Crippen LogP contribution in [0.25, 0.3) is 10.9 Å². The number of carbonyl (C=O) groups is 4. The van der Waals surface area contributed by atoms with Crippen molar-refractivity contribution < 1.29 is 24.3 Å². The van der Waals surface area contributed by atoms with Crippen LogP contribution in [0.15, 0.2) is 36.4 Å². The zero-order chi connectivity index (χ0) is 33.9. The van der Waals surface area contributed by atoms with Crippen molar-refractivity contribution in [3.8, 4) is 0 Å². The number of benzene rings is 2. The Balaban J connectivity index is 1.80. The molecule has 248 valence electrons. The number of amides is 4. The summed E-state index contributed by atoms with van der Waals surface area (Å²) in [5, 5.41) is 17.8. The number of fused-ring (bicyclic) bond motifs is 3. The molecule has 3 aromatic rings. The van der Waals surface area contributed by atoms with Gasteiger partial charge in [0, 0.05) is 22.5 Å². The summed E-state index contributed by atoms with van der Waals surface area (Å²) in [5.74, 6) is -2.49. The number of hydrogen-bond acceptors (Lipinski definition) is 4. The molecule has 1 aliphatic rings. The number of aromatic amines is 1. The molecule has 0 saturated carbocycles. The van der Waals surface area contributed by atoms with Gasteiger partial charge in [-0.25, -0.2) is 4.79 Å². The molecular formula is C34H43Cl2N5O5. The van der Waals surface area contributed by atoms with Crippen LogP contribution in [0.1, 0.15) is 69.3 Å². The average Bonchev–Trinajstić information content (AvgIpc) is 3.37. The number of aromatic nitrogens is 1. The largest absolute Gasteiger partial charge is 0.465 e. The van der Waals surface area contributed by atoms with Crippen LogP contribution in [-0.4, -0.2) is 56.4 Å². The van der Waals surface area contributed by atoms with Gasteiger partial charge < -0.3 is 26.5 Å². The molecule has 1 aromatic heterocycles. The minimum Gasteiger partial charge on any atom is -0.465 e. The molecule has 2 aromatic carbocycles. The van der Waals surface area contributed by atoms with Gasteiger partial charge in [0.25, 0.3) is 0 Å². The topological polar surface area (TPSA) is 158 Å². The molecule has 10 nitrogen and oxygen atoms in total. The number of carboxylic acid groups (broad SMARTS) is 1. The number of rotatable bonds is 12. The van der Waals surface area contributed by atoms with Crippen molar-refractivity contribution in [1.82, 2.24) is 20.5 Å². The van der Waals surface area contributed by atoms with Crippen molar-refractivity contribution in [3.63, 3.8) is 0 Å². The summed E-state index contributed by atoms with van der Waals surface area (Å²) in [6.07, 6.45) is 0.450. The standard InChI is InChI=1S/C34H43Cl2N5O5/c1-6-18(3)27(30(37)42)39-32(44)34(13-12-26-24(16-34)23-14-22(35)15-25(36)28(23)38-26)40-31(43)29(19(4)7-2)41(33(45)46)17-21-11-9-8-10-20(21)5/h8-11,14-15,18-19,27,29,38H,6-7,12-13,16-17H2,1-5H3,(H2,37,42)(H,39,44)(H,40,43)(H,45,46)/t18-,19-,27?,29?,34+/m0/s1. The smallest absolute Gasteiger partial charge is 0.408 e. The van der Waals surface area contributed by atoms with Gasteiger partial charge in [0.15, 0.2) is 0 Å². The molecule has 1 heterocycles. The second-order valence-corrected chi connectivity index (χ2v) is 13.4. The summed E-state index contributed by atoms with van der Waals surface area (Å²) >= 11 is 12.9. The van der Waals surface area contributed by atoms with Crippen molar-refractivity contribution in [3.05, 3.63) is 68.8 Å². The molecular weight excluding hydrogens is 629 g/mol. The highest BCUT2D eigenvalue weighted by Gasteiger charge is 2.47. The van der Waals surface area contributed by atoms with Crippen LogP contribution in [0, 0.1) is 18.8 Å². The van der Waals surface area contributed by atoms with Crippen molar-refractivity contribution in [2.75, 3.05) is 0 Å². The highest BCUT2D eigenvalue weighted by molar-refractivity contribution is 6.38. The lowest BCUT2D eigenvalue weighted by Crippen LogP contribution is -2.67. The fourth-order valence-electron chi connectivity index (χ4n) is 6.33. The molecule has 0 bridgehead atoms. The third kappa shape index (κ3) is 7.13. The van der Waals surface area contributed by atoms with Gasteiger partial charge in [-0.1, -0.05) is 88.0 Å². The Kier molecular flexibility index (Phi) is 10.9. The van der Waals surface area contributed by atoms with E-state index in [0.717, 1.165) is 32.7 Å². The van der Waals surface area contributed by atoms with E-state index in [4.69, 9.17) is 28.9 Å². The molecule has 12 heteroatoms. The van der Waals surface area contributed by atoms with E-state index in [1.165, 1.54) is 0 Å². The maximum absolute atomic E-state index is 14.4. The van der Waals surface area contributed by atoms with E-state index in [0.29, 0.717) is 34.8 Å². The molecule has 2 unspecified atom stereocenters. The van der Waals surface area contributed by atoms with Gasteiger partial charge in [-0.3, -0.25) is 19.3 Å². The van der Waals surface area contributed by atoms with Crippen LogP contribution < -0.4 is 16.4 Å². The Bertz CT molecular complexity index is 1640. The Hall–Kier alpha value is -3.76. The lowest BCUT2D eigenvalue weighted by atomic mass is 9.78. The molecule has 0 aliphatic heterocycles. The number of primary amides is 1. The fourth-order valence-corrected chi connectivity index (χ4v) is 6.87. The first-order valence-electron chi connectivity index (χ1n) is 15.7. The first-order chi connectivity index (χ1) is 21.7. The number of aryl methyl sites for hydroxylation is 2. The second-order valence-electron chi connectivity index (χ2n) is 12.5. The van der Waals surface area contributed by atoms with Gasteiger partial charge in [0.1, 0.15) is 17.6 Å². The lowest BCUT2D eigenvalue weighted by molar-refractivity contribution is -0.139. The number of nitrogens with zero attached hydrogens (tertiary/aromatic N) is 1. The van der Waals surface area contributed by atoms with E-state index in [1.54, 1.807) is 12.1 Å². The number of nitrogens with two attached hydrogens (primary N) is 1. The Labute approximate surface area is 279 Å². The SMILES string of the molecule is CC[C@H](C)C(NC(=O)[C@@]1(NC(=O)C([C@@H](C)CC)N(Cc2ccccc2C)C(=O)O)CCc2[nH]c3c(Cl)cc(Cl)cc3c2C1)C(N)=O. The van der Waals surface area contributed by atoms with E-state index >= 15 is 0 Å². The maximum atomic E-state index is 14.4. The molecule has 5 atom stereocenters. The summed E-state index contributed by atoms with van der Waals surface area (Å²) in [6.45, 7) is 9.29. The van der Waals surface area contributed by atoms with Crippen molar-refractivity contribution in [1.29, 1.82) is 0 Å². The van der Waals surface area contributed by atoms with Gasteiger partial charge in [-0.2, -0.15) is 0 Å². The van der Waals surface area contributed by atoms with E-state index in [-0.39, 0.29) is 31.2 Å². The minimum atomic E-state index is -1.53. The Morgan fingerprint density at radius 3 is 2.37 bits per heavy atom. The highest BCUT2D eigenvalue weighted by Crippen LogP contribution is 2.38. The lowest BCUT2D eigenvalue weighted by Gasteiger charge is -2.41. The summed E-state index contributed by atoms with van der Waals surface area (Å²) in [7, 11) is 0. The van der Waals surface area contributed by atoms with E-state index < -0.39 is 41.4 Å². The normalized spacial score (nSPS) is 18.6. The third-order valence-electron chi connectivity index (χ3n) is 9.54. The predicted molar refractivity (Wildman–Crippen MR) is 180 cm³/mol. The van der Waals surface area contributed by atoms with Crippen LogP contribution in [-0.2, 0) is 33.8 Å². The van der Waals surface area contributed by atoms with Crippen molar-refractivity contribution in [2.24, 2.45) is 17.6 Å². The van der Waals surface area contributed by atoms with Crippen LogP contribution in [0.4, 0.5) is 4.79 Å². The summed E-state index contributed by atoms with van der Waals surface area (Å²) in [4.78, 5) is 58.5. The number of nitrogens with one attached hydrogen (secondary N) is 3. The monoisotopic (exact) mass is 671 g/mol. The quantitative estimate of drug-likeness (QED) is 0.166. The molecule has 0 saturated heterocycles. The van der Waals surface area contributed by atoms with Gasteiger partial charge in [-0.05, 0) is 60.4 Å². The first kappa shape index (κ1) is 35.1. The molecule has 46 heavy (non-hydrogen) atoms. The summed E-state index contributed by atoms with van der Waals surface area (Å²) in [5.41, 5.74) is 8.14. The molecule has 6 N–H and O–H groups in total. The van der Waals surface area contributed by atoms with Crippen molar-refractivity contribution >= 4 is 57.9 Å². The maximum Gasteiger partial charge on any atom is 0.408 e. The van der Waals surface area contributed by atoms with Gasteiger partial charge in [0.2, 0.25) is 17.7 Å². The fraction of sp³-hybridized carbons (Fsp3) is 0.471. The highest BCUT2D eigenvalue weighted by atomic mass is 35.5. The first-order valence-corrected chi connectivity index (χ1v) is 16.4. The minimum absolute atomic E-state index is 0.00894. The summed E-state index contributed by atoms with van der Waals surface area (Å²) in [6, 6.07) is 8.72. The zero-order valence-electron chi connectivity index (χ0n) is 26.9. The van der Waals surface area contributed by atoms with Crippen molar-refractivity contribution in [2.45, 2.75) is 90.9 Å².